The fraction of sp³-hybridized carbons (Fsp3) is 0.0870. The Labute approximate surface area is 178 Å². The number of carbonyl (C=O) groups is 1. The number of nitrogens with zero attached hydrogens (tertiary/aromatic N) is 3. The van der Waals surface area contributed by atoms with Gasteiger partial charge in [-0.1, -0.05) is 54.2 Å². The fourth-order valence-electron chi connectivity index (χ4n) is 3.01. The molecule has 0 aliphatic rings. The van der Waals surface area contributed by atoms with Gasteiger partial charge in [0, 0.05) is 16.9 Å². The van der Waals surface area contributed by atoms with E-state index in [0.717, 1.165) is 22.5 Å². The third kappa shape index (κ3) is 4.58. The molecule has 5 nitrogen and oxygen atoms in total. The van der Waals surface area contributed by atoms with Crippen molar-refractivity contribution in [1.82, 2.24) is 14.8 Å². The van der Waals surface area contributed by atoms with Crippen LogP contribution in [0.5, 0.6) is 0 Å². The largest absolute Gasteiger partial charge is 0.325 e. The van der Waals surface area contributed by atoms with Crippen LogP contribution in [-0.2, 0) is 4.79 Å². The van der Waals surface area contributed by atoms with E-state index in [1.54, 1.807) is 12.1 Å². The summed E-state index contributed by atoms with van der Waals surface area (Å²) in [6, 6.07) is 23.4. The summed E-state index contributed by atoms with van der Waals surface area (Å²) in [6.07, 6.45) is 0. The molecule has 1 N–H and O–H groups in total. The number of halogens is 1. The van der Waals surface area contributed by atoms with Crippen molar-refractivity contribution in [3.8, 4) is 17.1 Å². The Morgan fingerprint density at radius 3 is 2.50 bits per heavy atom. The number of aryl methyl sites for hydroxylation is 1. The lowest BCUT2D eigenvalue weighted by Gasteiger charge is -2.11. The fourth-order valence-corrected chi connectivity index (χ4v) is 3.76. The number of rotatable bonds is 6. The maximum atomic E-state index is 13.4. The van der Waals surface area contributed by atoms with Gasteiger partial charge in [0.25, 0.3) is 0 Å². The second-order valence-electron chi connectivity index (χ2n) is 6.69. The van der Waals surface area contributed by atoms with Crippen LogP contribution in [0.3, 0.4) is 0 Å². The Morgan fingerprint density at radius 2 is 1.77 bits per heavy atom. The van der Waals surface area contributed by atoms with Crippen LogP contribution in [0.15, 0.2) is 84.0 Å². The van der Waals surface area contributed by atoms with Crippen LogP contribution in [0.2, 0.25) is 0 Å². The number of hydrogen-bond donors (Lipinski definition) is 1. The number of nitrogens with one attached hydrogen (secondary N) is 1. The lowest BCUT2D eigenvalue weighted by Crippen LogP contribution is -2.14. The van der Waals surface area contributed by atoms with Crippen molar-refractivity contribution in [3.63, 3.8) is 0 Å². The Hall–Kier alpha value is -3.45. The molecule has 1 amide bonds. The molecule has 0 spiro atoms. The number of aromatic nitrogens is 3. The molecule has 0 fully saturated rings. The Kier molecular flexibility index (Phi) is 5.90. The van der Waals surface area contributed by atoms with Gasteiger partial charge in [0.1, 0.15) is 5.82 Å². The highest BCUT2D eigenvalue weighted by atomic mass is 32.2. The van der Waals surface area contributed by atoms with E-state index in [2.05, 4.69) is 15.5 Å². The van der Waals surface area contributed by atoms with Gasteiger partial charge in [-0.3, -0.25) is 9.36 Å². The molecule has 3 aromatic carbocycles. The van der Waals surface area contributed by atoms with Gasteiger partial charge in [-0.15, -0.1) is 10.2 Å². The van der Waals surface area contributed by atoms with Crippen molar-refractivity contribution in [1.29, 1.82) is 0 Å². The van der Waals surface area contributed by atoms with Gasteiger partial charge in [-0.2, -0.15) is 0 Å². The number of hydrogen-bond acceptors (Lipinski definition) is 4. The highest BCUT2D eigenvalue weighted by Crippen LogP contribution is 2.28. The minimum absolute atomic E-state index is 0.138. The number of benzene rings is 3. The minimum atomic E-state index is -0.320. The molecule has 0 bridgehead atoms. The van der Waals surface area contributed by atoms with E-state index in [4.69, 9.17) is 0 Å². The zero-order chi connectivity index (χ0) is 20.9. The Bertz CT molecular complexity index is 1160. The number of carbonyl (C=O) groups excluding carboxylic acids is 1. The lowest BCUT2D eigenvalue weighted by atomic mass is 10.2. The Balaban J connectivity index is 1.59. The summed E-state index contributed by atoms with van der Waals surface area (Å²) in [5, 5.41) is 12.1. The van der Waals surface area contributed by atoms with Crippen LogP contribution in [0.4, 0.5) is 10.1 Å². The molecule has 7 heteroatoms. The zero-order valence-corrected chi connectivity index (χ0v) is 17.1. The van der Waals surface area contributed by atoms with Crippen molar-refractivity contribution >= 4 is 23.4 Å². The average molecular weight is 418 g/mol. The molecule has 4 aromatic rings. The van der Waals surface area contributed by atoms with Gasteiger partial charge in [0.2, 0.25) is 5.91 Å². The SMILES string of the molecule is Cc1cccc(NC(=O)CSc2nnc(-c3ccccc3)n2-c2ccc(F)cc2)c1. The van der Waals surface area contributed by atoms with Crippen molar-refractivity contribution in [3.05, 3.63) is 90.2 Å². The lowest BCUT2D eigenvalue weighted by molar-refractivity contribution is -0.113. The number of thioether (sulfide) groups is 1. The topological polar surface area (TPSA) is 59.8 Å². The van der Waals surface area contributed by atoms with E-state index in [0.29, 0.717) is 11.0 Å². The van der Waals surface area contributed by atoms with Crippen LogP contribution in [0.25, 0.3) is 17.1 Å². The summed E-state index contributed by atoms with van der Waals surface area (Å²) < 4.78 is 15.3. The first kappa shape index (κ1) is 19.8. The van der Waals surface area contributed by atoms with Gasteiger partial charge < -0.3 is 5.32 Å². The standard InChI is InChI=1S/C23H19FN4OS/c1-16-6-5-9-19(14-16)25-21(29)15-30-23-27-26-22(17-7-3-2-4-8-17)28(23)20-12-10-18(24)11-13-20/h2-14H,15H2,1H3,(H,25,29). The third-order valence-electron chi connectivity index (χ3n) is 4.38. The number of anilines is 1. The van der Waals surface area contributed by atoms with Crippen molar-refractivity contribution in [2.75, 3.05) is 11.1 Å². The molecule has 0 atom stereocenters. The first-order chi connectivity index (χ1) is 14.6. The van der Waals surface area contributed by atoms with Crippen LogP contribution >= 0.6 is 11.8 Å². The summed E-state index contributed by atoms with van der Waals surface area (Å²) in [7, 11) is 0. The highest BCUT2D eigenvalue weighted by Gasteiger charge is 2.17. The predicted molar refractivity (Wildman–Crippen MR) is 117 cm³/mol. The smallest absolute Gasteiger partial charge is 0.234 e. The predicted octanol–water partition coefficient (Wildman–Crippen LogP) is 5.11. The molecule has 0 aliphatic heterocycles. The van der Waals surface area contributed by atoms with E-state index in [9.17, 15) is 9.18 Å². The quantitative estimate of drug-likeness (QED) is 0.442. The van der Waals surface area contributed by atoms with Crippen LogP contribution in [0, 0.1) is 12.7 Å². The molecule has 0 saturated carbocycles. The maximum Gasteiger partial charge on any atom is 0.234 e. The van der Waals surface area contributed by atoms with E-state index >= 15 is 0 Å². The van der Waals surface area contributed by atoms with Crippen LogP contribution < -0.4 is 5.32 Å². The number of amides is 1. The van der Waals surface area contributed by atoms with E-state index < -0.39 is 0 Å². The Morgan fingerprint density at radius 1 is 1.00 bits per heavy atom. The van der Waals surface area contributed by atoms with Gasteiger partial charge in [-0.25, -0.2) is 4.39 Å². The van der Waals surface area contributed by atoms with E-state index in [-0.39, 0.29) is 17.5 Å². The molecule has 0 radical (unpaired) electrons. The average Bonchev–Trinajstić information content (AvgIpc) is 3.17. The zero-order valence-electron chi connectivity index (χ0n) is 16.2. The third-order valence-corrected chi connectivity index (χ3v) is 5.31. The van der Waals surface area contributed by atoms with E-state index in [1.165, 1.54) is 23.9 Å². The van der Waals surface area contributed by atoms with Gasteiger partial charge in [0.15, 0.2) is 11.0 Å². The normalized spacial score (nSPS) is 10.7. The molecule has 150 valence electrons. The molecule has 30 heavy (non-hydrogen) atoms. The summed E-state index contributed by atoms with van der Waals surface area (Å²) in [4.78, 5) is 12.4. The molecular formula is C23H19FN4OS. The molecule has 1 heterocycles. The second kappa shape index (κ2) is 8.92. The molecule has 0 saturated heterocycles. The molecule has 4 rings (SSSR count). The summed E-state index contributed by atoms with van der Waals surface area (Å²) >= 11 is 1.28. The van der Waals surface area contributed by atoms with Crippen molar-refractivity contribution in [2.45, 2.75) is 12.1 Å². The molecule has 0 aliphatic carbocycles. The van der Waals surface area contributed by atoms with Crippen molar-refractivity contribution in [2.24, 2.45) is 0 Å². The highest BCUT2D eigenvalue weighted by molar-refractivity contribution is 7.99. The molecular weight excluding hydrogens is 399 g/mol. The van der Waals surface area contributed by atoms with E-state index in [1.807, 2.05) is 66.1 Å². The first-order valence-corrected chi connectivity index (χ1v) is 10.3. The summed E-state index contributed by atoms with van der Waals surface area (Å²) in [6.45, 7) is 1.97. The maximum absolute atomic E-state index is 13.4. The van der Waals surface area contributed by atoms with Crippen LogP contribution in [-0.4, -0.2) is 26.4 Å². The van der Waals surface area contributed by atoms with Crippen LogP contribution in [0.1, 0.15) is 5.56 Å². The van der Waals surface area contributed by atoms with Gasteiger partial charge >= 0.3 is 0 Å². The minimum Gasteiger partial charge on any atom is -0.325 e. The first-order valence-electron chi connectivity index (χ1n) is 9.36. The molecule has 0 unspecified atom stereocenters. The summed E-state index contributed by atoms with van der Waals surface area (Å²) in [5.74, 6) is 0.339. The monoisotopic (exact) mass is 418 g/mol. The summed E-state index contributed by atoms with van der Waals surface area (Å²) in [5.41, 5.74) is 3.43. The second-order valence-corrected chi connectivity index (χ2v) is 7.63. The van der Waals surface area contributed by atoms with Gasteiger partial charge in [-0.05, 0) is 48.9 Å². The van der Waals surface area contributed by atoms with Gasteiger partial charge in [0.05, 0.1) is 5.75 Å². The molecule has 1 aromatic heterocycles. The van der Waals surface area contributed by atoms with Crippen molar-refractivity contribution < 1.29 is 9.18 Å².